The Labute approximate surface area is 85.4 Å². The number of carbonyl (C=O) groups is 1. The van der Waals surface area contributed by atoms with E-state index in [1.165, 1.54) is 6.08 Å². The Balaban J connectivity index is 2.76. The van der Waals surface area contributed by atoms with Crippen molar-refractivity contribution in [1.29, 1.82) is 0 Å². The van der Waals surface area contributed by atoms with Gasteiger partial charge in [0.05, 0.1) is 0 Å². The van der Waals surface area contributed by atoms with Crippen LogP contribution in [-0.4, -0.2) is 35.1 Å². The number of nitrogens with zero attached hydrogens (tertiary/aromatic N) is 1. The fourth-order valence-electron chi connectivity index (χ4n) is 1.99. The van der Waals surface area contributed by atoms with E-state index in [1.54, 1.807) is 0 Å². The summed E-state index contributed by atoms with van der Waals surface area (Å²) in [4.78, 5) is 12.9. The van der Waals surface area contributed by atoms with Crippen LogP contribution in [0.1, 0.15) is 33.1 Å². The predicted octanol–water partition coefficient (Wildman–Crippen LogP) is 1.89. The van der Waals surface area contributed by atoms with Gasteiger partial charge in [-0.05, 0) is 33.2 Å². The van der Waals surface area contributed by atoms with Gasteiger partial charge in [-0.1, -0.05) is 12.5 Å². The van der Waals surface area contributed by atoms with E-state index < -0.39 is 5.97 Å². The second kappa shape index (κ2) is 4.13. The van der Waals surface area contributed by atoms with Crippen molar-refractivity contribution in [3.63, 3.8) is 0 Å². The number of hydrogen-bond donors (Lipinski definition) is 1. The highest BCUT2D eigenvalue weighted by Gasteiger charge is 2.32. The zero-order valence-electron chi connectivity index (χ0n) is 9.21. The molecule has 3 nitrogen and oxygen atoms in total. The molecule has 1 unspecified atom stereocenters. The summed E-state index contributed by atoms with van der Waals surface area (Å²) >= 11 is 0. The van der Waals surface area contributed by atoms with Gasteiger partial charge in [0.1, 0.15) is 0 Å². The van der Waals surface area contributed by atoms with E-state index in [9.17, 15) is 4.79 Å². The first-order valence-electron chi connectivity index (χ1n) is 5.11. The van der Waals surface area contributed by atoms with Crippen molar-refractivity contribution in [3.05, 3.63) is 11.6 Å². The fourth-order valence-corrected chi connectivity index (χ4v) is 1.99. The lowest BCUT2D eigenvalue weighted by atomic mass is 9.83. The third kappa shape index (κ3) is 2.35. The Hall–Kier alpha value is -0.830. The van der Waals surface area contributed by atoms with Gasteiger partial charge in [0.25, 0.3) is 0 Å². The van der Waals surface area contributed by atoms with Crippen LogP contribution in [0.2, 0.25) is 0 Å². The number of carboxylic acids is 1. The summed E-state index contributed by atoms with van der Waals surface area (Å²) < 4.78 is 0. The van der Waals surface area contributed by atoms with Crippen LogP contribution in [0.25, 0.3) is 0 Å². The van der Waals surface area contributed by atoms with E-state index in [0.29, 0.717) is 0 Å². The van der Waals surface area contributed by atoms with Crippen molar-refractivity contribution in [1.82, 2.24) is 4.90 Å². The summed E-state index contributed by atoms with van der Waals surface area (Å²) in [5, 5.41) is 8.68. The van der Waals surface area contributed by atoms with Gasteiger partial charge >= 0.3 is 5.97 Å². The van der Waals surface area contributed by atoms with E-state index in [-0.39, 0.29) is 5.54 Å². The zero-order chi connectivity index (χ0) is 10.8. The van der Waals surface area contributed by atoms with E-state index >= 15 is 0 Å². The van der Waals surface area contributed by atoms with E-state index in [2.05, 4.69) is 25.8 Å². The molecule has 0 aliphatic carbocycles. The number of carboxylic acid groups (broad SMARTS) is 1. The van der Waals surface area contributed by atoms with Crippen LogP contribution in [0, 0.1) is 0 Å². The smallest absolute Gasteiger partial charge is 0.328 e. The standard InChI is InChI=1S/C11H19NO2/c1-4-11(2)8-9(7-10(13)14)5-6-12(11)3/h7H,4-6,8H2,1-3H3,(H,13,14)/b9-7-. The van der Waals surface area contributed by atoms with Crippen molar-refractivity contribution >= 4 is 5.97 Å². The van der Waals surface area contributed by atoms with E-state index in [4.69, 9.17) is 5.11 Å². The van der Waals surface area contributed by atoms with Crippen molar-refractivity contribution in [2.24, 2.45) is 0 Å². The van der Waals surface area contributed by atoms with Crippen LogP contribution in [-0.2, 0) is 4.79 Å². The monoisotopic (exact) mass is 197 g/mol. The first-order chi connectivity index (χ1) is 6.48. The van der Waals surface area contributed by atoms with Gasteiger partial charge in [0, 0.05) is 18.2 Å². The Kier molecular flexibility index (Phi) is 3.32. The molecule has 1 heterocycles. The van der Waals surface area contributed by atoms with Crippen LogP contribution < -0.4 is 0 Å². The summed E-state index contributed by atoms with van der Waals surface area (Å²) in [7, 11) is 2.11. The largest absolute Gasteiger partial charge is 0.478 e. The number of rotatable bonds is 2. The third-order valence-electron chi connectivity index (χ3n) is 3.39. The number of piperidine rings is 1. The highest BCUT2D eigenvalue weighted by atomic mass is 16.4. The molecule has 0 aromatic heterocycles. The molecule has 0 spiro atoms. The normalized spacial score (nSPS) is 32.1. The Morgan fingerprint density at radius 3 is 2.86 bits per heavy atom. The summed E-state index contributed by atoms with van der Waals surface area (Å²) in [6.07, 6.45) is 4.20. The molecule has 0 amide bonds. The fraction of sp³-hybridized carbons (Fsp3) is 0.727. The maximum absolute atomic E-state index is 10.6. The Morgan fingerprint density at radius 1 is 1.71 bits per heavy atom. The lowest BCUT2D eigenvalue weighted by Gasteiger charge is -2.43. The molecule has 0 radical (unpaired) electrons. The summed E-state index contributed by atoms with van der Waals surface area (Å²) in [5.74, 6) is -0.817. The molecule has 1 aliphatic heterocycles. The minimum atomic E-state index is -0.817. The highest BCUT2D eigenvalue weighted by molar-refractivity contribution is 5.80. The Bertz CT molecular complexity index is 260. The van der Waals surface area contributed by atoms with Crippen LogP contribution in [0.3, 0.4) is 0 Å². The van der Waals surface area contributed by atoms with Crippen LogP contribution in [0.5, 0.6) is 0 Å². The first kappa shape index (κ1) is 11.2. The first-order valence-corrected chi connectivity index (χ1v) is 5.11. The quantitative estimate of drug-likeness (QED) is 0.687. The maximum atomic E-state index is 10.6. The lowest BCUT2D eigenvalue weighted by Crippen LogP contribution is -2.47. The molecule has 0 aromatic carbocycles. The molecular weight excluding hydrogens is 178 g/mol. The molecule has 1 fully saturated rings. The molecule has 1 atom stereocenters. The second-order valence-corrected chi connectivity index (χ2v) is 4.34. The molecule has 3 heteroatoms. The summed E-state index contributed by atoms with van der Waals surface area (Å²) in [6, 6.07) is 0. The molecule has 1 rings (SSSR count). The molecule has 1 N–H and O–H groups in total. The average molecular weight is 197 g/mol. The maximum Gasteiger partial charge on any atom is 0.328 e. The van der Waals surface area contributed by atoms with E-state index in [1.807, 2.05) is 0 Å². The molecule has 0 saturated carbocycles. The van der Waals surface area contributed by atoms with Crippen LogP contribution in [0.15, 0.2) is 11.6 Å². The van der Waals surface area contributed by atoms with Crippen LogP contribution in [0.4, 0.5) is 0 Å². The van der Waals surface area contributed by atoms with Gasteiger partial charge in [-0.3, -0.25) is 0 Å². The molecular formula is C11H19NO2. The van der Waals surface area contributed by atoms with Crippen molar-refractivity contribution in [2.75, 3.05) is 13.6 Å². The zero-order valence-corrected chi connectivity index (χ0v) is 9.21. The van der Waals surface area contributed by atoms with Gasteiger partial charge in [0.15, 0.2) is 0 Å². The molecule has 0 aromatic rings. The van der Waals surface area contributed by atoms with Gasteiger partial charge < -0.3 is 10.0 Å². The SMILES string of the molecule is CCC1(C)C/C(=C\C(=O)O)CCN1C. The molecule has 80 valence electrons. The second-order valence-electron chi connectivity index (χ2n) is 4.34. The lowest BCUT2D eigenvalue weighted by molar-refractivity contribution is -0.131. The van der Waals surface area contributed by atoms with Crippen LogP contribution >= 0.6 is 0 Å². The summed E-state index contributed by atoms with van der Waals surface area (Å²) in [6.45, 7) is 5.31. The van der Waals surface area contributed by atoms with Crippen molar-refractivity contribution < 1.29 is 9.90 Å². The molecule has 0 bridgehead atoms. The Morgan fingerprint density at radius 2 is 2.36 bits per heavy atom. The average Bonchev–Trinajstić information content (AvgIpc) is 2.11. The molecule has 1 saturated heterocycles. The predicted molar refractivity (Wildman–Crippen MR) is 56.3 cm³/mol. The van der Waals surface area contributed by atoms with E-state index in [0.717, 1.165) is 31.4 Å². The number of aliphatic carboxylic acids is 1. The van der Waals surface area contributed by atoms with Gasteiger partial charge in [0.2, 0.25) is 0 Å². The summed E-state index contributed by atoms with van der Waals surface area (Å²) in [5.41, 5.74) is 1.21. The van der Waals surface area contributed by atoms with Crippen molar-refractivity contribution in [3.8, 4) is 0 Å². The molecule has 1 aliphatic rings. The number of hydrogen-bond acceptors (Lipinski definition) is 2. The minimum Gasteiger partial charge on any atom is -0.478 e. The van der Waals surface area contributed by atoms with Gasteiger partial charge in [-0.15, -0.1) is 0 Å². The number of likely N-dealkylation sites (tertiary alicyclic amines) is 1. The van der Waals surface area contributed by atoms with Gasteiger partial charge in [-0.25, -0.2) is 4.79 Å². The topological polar surface area (TPSA) is 40.5 Å². The minimum absolute atomic E-state index is 0.138. The highest BCUT2D eigenvalue weighted by Crippen LogP contribution is 2.32. The molecule has 14 heavy (non-hydrogen) atoms. The third-order valence-corrected chi connectivity index (χ3v) is 3.39. The van der Waals surface area contributed by atoms with Gasteiger partial charge in [-0.2, -0.15) is 0 Å². The van der Waals surface area contributed by atoms with Crippen molar-refractivity contribution in [2.45, 2.75) is 38.6 Å².